The number of aliphatic hydroxyl groups is 1. The Morgan fingerprint density at radius 3 is 2.15 bits per heavy atom. The predicted octanol–water partition coefficient (Wildman–Crippen LogP) is 2.46. The molecule has 1 unspecified atom stereocenters. The quantitative estimate of drug-likeness (QED) is 0.694. The van der Waals surface area contributed by atoms with E-state index in [2.05, 4.69) is 20.8 Å². The molecule has 0 aliphatic rings. The predicted molar refractivity (Wildman–Crippen MR) is 55.7 cm³/mol. The molecule has 0 aliphatic heterocycles. The van der Waals surface area contributed by atoms with Crippen LogP contribution in [0.5, 0.6) is 0 Å². The van der Waals surface area contributed by atoms with Crippen LogP contribution in [0.3, 0.4) is 0 Å². The van der Waals surface area contributed by atoms with E-state index >= 15 is 0 Å². The van der Waals surface area contributed by atoms with E-state index in [-0.39, 0.29) is 12.0 Å². The van der Waals surface area contributed by atoms with Crippen molar-refractivity contribution in [2.75, 3.05) is 13.2 Å². The van der Waals surface area contributed by atoms with Gasteiger partial charge in [-0.15, -0.1) is 0 Å². The topological polar surface area (TPSA) is 29.5 Å². The molecular weight excluding hydrogens is 164 g/mol. The SMILES string of the molecule is CC(C)CC(C)OCC(C)(C)CO. The first-order chi connectivity index (χ1) is 5.87. The van der Waals surface area contributed by atoms with Crippen molar-refractivity contribution in [3.8, 4) is 0 Å². The highest BCUT2D eigenvalue weighted by Crippen LogP contribution is 2.16. The van der Waals surface area contributed by atoms with E-state index in [0.29, 0.717) is 18.6 Å². The lowest BCUT2D eigenvalue weighted by Gasteiger charge is -2.24. The van der Waals surface area contributed by atoms with Crippen LogP contribution in [0.1, 0.15) is 41.0 Å². The van der Waals surface area contributed by atoms with Gasteiger partial charge in [0, 0.05) is 5.41 Å². The molecule has 0 rings (SSSR count). The van der Waals surface area contributed by atoms with Gasteiger partial charge in [0.25, 0.3) is 0 Å². The minimum absolute atomic E-state index is 0.106. The summed E-state index contributed by atoms with van der Waals surface area (Å²) in [5.74, 6) is 0.673. The molecule has 0 radical (unpaired) electrons. The molecule has 0 aromatic rings. The van der Waals surface area contributed by atoms with Gasteiger partial charge in [-0.2, -0.15) is 0 Å². The first kappa shape index (κ1) is 12.9. The van der Waals surface area contributed by atoms with Crippen molar-refractivity contribution in [2.45, 2.75) is 47.1 Å². The van der Waals surface area contributed by atoms with Gasteiger partial charge in [-0.05, 0) is 19.3 Å². The number of hydrogen-bond acceptors (Lipinski definition) is 2. The van der Waals surface area contributed by atoms with Gasteiger partial charge in [-0.25, -0.2) is 0 Å². The molecule has 0 saturated carbocycles. The third-order valence-corrected chi connectivity index (χ3v) is 1.99. The molecule has 0 aliphatic carbocycles. The van der Waals surface area contributed by atoms with E-state index in [4.69, 9.17) is 9.84 Å². The molecule has 0 bridgehead atoms. The standard InChI is InChI=1S/C11H24O2/c1-9(2)6-10(3)13-8-11(4,5)7-12/h9-10,12H,6-8H2,1-5H3. The Balaban J connectivity index is 3.63. The molecule has 0 saturated heterocycles. The molecule has 0 aromatic heterocycles. The van der Waals surface area contributed by atoms with Crippen molar-refractivity contribution in [3.05, 3.63) is 0 Å². The zero-order valence-electron chi connectivity index (χ0n) is 9.63. The third kappa shape index (κ3) is 7.03. The van der Waals surface area contributed by atoms with E-state index in [9.17, 15) is 0 Å². The van der Waals surface area contributed by atoms with Gasteiger partial charge in [-0.1, -0.05) is 27.7 Å². The van der Waals surface area contributed by atoms with Crippen LogP contribution in [-0.4, -0.2) is 24.4 Å². The molecule has 0 aromatic carbocycles. The summed E-state index contributed by atoms with van der Waals surface area (Å²) in [6.45, 7) is 11.3. The Morgan fingerprint density at radius 1 is 1.23 bits per heavy atom. The van der Waals surface area contributed by atoms with E-state index in [0.717, 1.165) is 6.42 Å². The maximum absolute atomic E-state index is 9.01. The summed E-state index contributed by atoms with van der Waals surface area (Å²) in [6, 6.07) is 0. The van der Waals surface area contributed by atoms with Crippen LogP contribution in [0, 0.1) is 11.3 Å². The molecule has 0 amide bonds. The molecule has 0 spiro atoms. The number of ether oxygens (including phenoxy) is 1. The number of hydrogen-bond donors (Lipinski definition) is 1. The second-order valence-corrected chi connectivity index (χ2v) is 5.07. The average molecular weight is 188 g/mol. The van der Waals surface area contributed by atoms with Gasteiger partial charge < -0.3 is 9.84 Å². The van der Waals surface area contributed by atoms with Crippen LogP contribution >= 0.6 is 0 Å². The Bertz CT molecular complexity index is 130. The highest BCUT2D eigenvalue weighted by Gasteiger charge is 2.18. The van der Waals surface area contributed by atoms with Crippen molar-refractivity contribution in [1.29, 1.82) is 0 Å². The first-order valence-corrected chi connectivity index (χ1v) is 5.10. The fourth-order valence-electron chi connectivity index (χ4n) is 1.15. The molecule has 1 N–H and O–H groups in total. The lowest BCUT2D eigenvalue weighted by atomic mass is 9.96. The number of rotatable bonds is 6. The molecular formula is C11H24O2. The zero-order valence-corrected chi connectivity index (χ0v) is 9.63. The highest BCUT2D eigenvalue weighted by atomic mass is 16.5. The van der Waals surface area contributed by atoms with E-state index < -0.39 is 0 Å². The maximum Gasteiger partial charge on any atom is 0.0549 e. The van der Waals surface area contributed by atoms with Gasteiger partial charge in [0.1, 0.15) is 0 Å². The van der Waals surface area contributed by atoms with Gasteiger partial charge >= 0.3 is 0 Å². The molecule has 2 heteroatoms. The lowest BCUT2D eigenvalue weighted by Crippen LogP contribution is -2.26. The molecule has 1 atom stereocenters. The van der Waals surface area contributed by atoms with Crippen LogP contribution in [0.2, 0.25) is 0 Å². The summed E-state index contributed by atoms with van der Waals surface area (Å²) in [5, 5.41) is 9.01. The summed E-state index contributed by atoms with van der Waals surface area (Å²) in [6.07, 6.45) is 1.38. The van der Waals surface area contributed by atoms with Crippen LogP contribution in [0.15, 0.2) is 0 Å². The smallest absolute Gasteiger partial charge is 0.0549 e. The third-order valence-electron chi connectivity index (χ3n) is 1.99. The average Bonchev–Trinajstić information content (AvgIpc) is 2.00. The van der Waals surface area contributed by atoms with E-state index in [1.807, 2.05) is 13.8 Å². The van der Waals surface area contributed by atoms with Crippen molar-refractivity contribution in [1.82, 2.24) is 0 Å². The number of aliphatic hydroxyl groups excluding tert-OH is 1. The molecule has 13 heavy (non-hydrogen) atoms. The van der Waals surface area contributed by atoms with E-state index in [1.54, 1.807) is 0 Å². The summed E-state index contributed by atoms with van der Waals surface area (Å²) in [4.78, 5) is 0. The molecule has 2 nitrogen and oxygen atoms in total. The van der Waals surface area contributed by atoms with Gasteiger partial charge in [0.2, 0.25) is 0 Å². The van der Waals surface area contributed by atoms with Crippen molar-refractivity contribution < 1.29 is 9.84 Å². The normalized spacial score (nSPS) is 15.0. The summed E-state index contributed by atoms with van der Waals surface area (Å²) in [5.41, 5.74) is -0.106. The van der Waals surface area contributed by atoms with Crippen molar-refractivity contribution in [2.24, 2.45) is 11.3 Å². The maximum atomic E-state index is 9.01. The largest absolute Gasteiger partial charge is 0.396 e. The summed E-state index contributed by atoms with van der Waals surface area (Å²) < 4.78 is 5.65. The molecule has 80 valence electrons. The second kappa shape index (κ2) is 5.61. The summed E-state index contributed by atoms with van der Waals surface area (Å²) >= 11 is 0. The van der Waals surface area contributed by atoms with Crippen molar-refractivity contribution >= 4 is 0 Å². The fraction of sp³-hybridized carbons (Fsp3) is 1.00. The molecule has 0 heterocycles. The van der Waals surface area contributed by atoms with Crippen LogP contribution in [0.25, 0.3) is 0 Å². The van der Waals surface area contributed by atoms with Crippen LogP contribution in [-0.2, 0) is 4.74 Å². The minimum Gasteiger partial charge on any atom is -0.396 e. The van der Waals surface area contributed by atoms with E-state index in [1.165, 1.54) is 0 Å². The van der Waals surface area contributed by atoms with Crippen molar-refractivity contribution in [3.63, 3.8) is 0 Å². The minimum atomic E-state index is -0.106. The van der Waals surface area contributed by atoms with Gasteiger partial charge in [-0.3, -0.25) is 0 Å². The van der Waals surface area contributed by atoms with Gasteiger partial charge in [0.05, 0.1) is 19.3 Å². The zero-order chi connectivity index (χ0) is 10.5. The Labute approximate surface area is 82.3 Å². The van der Waals surface area contributed by atoms with Gasteiger partial charge in [0.15, 0.2) is 0 Å². The first-order valence-electron chi connectivity index (χ1n) is 5.10. The Morgan fingerprint density at radius 2 is 1.77 bits per heavy atom. The second-order valence-electron chi connectivity index (χ2n) is 5.07. The Hall–Kier alpha value is -0.0800. The summed E-state index contributed by atoms with van der Waals surface area (Å²) in [7, 11) is 0. The van der Waals surface area contributed by atoms with Crippen LogP contribution < -0.4 is 0 Å². The molecule has 0 fully saturated rings. The fourth-order valence-corrected chi connectivity index (χ4v) is 1.15. The monoisotopic (exact) mass is 188 g/mol. The van der Waals surface area contributed by atoms with Crippen LogP contribution in [0.4, 0.5) is 0 Å². The Kier molecular flexibility index (Phi) is 5.57. The lowest BCUT2D eigenvalue weighted by molar-refractivity contribution is -0.0169. The highest BCUT2D eigenvalue weighted by molar-refractivity contribution is 4.66.